The van der Waals surface area contributed by atoms with Crippen molar-refractivity contribution in [2.45, 2.75) is 32.4 Å². The van der Waals surface area contributed by atoms with Gasteiger partial charge in [-0.15, -0.1) is 0 Å². The molecule has 1 heterocycles. The van der Waals surface area contributed by atoms with Gasteiger partial charge in [0.2, 0.25) is 5.91 Å². The van der Waals surface area contributed by atoms with Crippen molar-refractivity contribution in [3.8, 4) is 11.5 Å². The minimum atomic E-state index is 0.267. The number of carbonyl (C=O) groups is 1. The first kappa shape index (κ1) is 23.2. The van der Waals surface area contributed by atoms with Crippen molar-refractivity contribution in [1.29, 1.82) is 0 Å². The van der Waals surface area contributed by atoms with Crippen molar-refractivity contribution in [1.82, 2.24) is 10.2 Å². The molecule has 1 N–H and O–H groups in total. The quantitative estimate of drug-likeness (QED) is 0.428. The Kier molecular flexibility index (Phi) is 8.69. The Morgan fingerprint density at radius 1 is 1.20 bits per heavy atom. The molecule has 0 bridgehead atoms. The van der Waals surface area contributed by atoms with E-state index in [1.54, 1.807) is 19.2 Å². The van der Waals surface area contributed by atoms with Gasteiger partial charge < -0.3 is 19.7 Å². The first-order valence-electron chi connectivity index (χ1n) is 9.90. The number of methoxy groups -OCH3 is 1. The van der Waals surface area contributed by atoms with Crippen LogP contribution in [0.25, 0.3) is 0 Å². The van der Waals surface area contributed by atoms with Gasteiger partial charge in [-0.1, -0.05) is 45.2 Å². The van der Waals surface area contributed by atoms with Crippen LogP contribution in [0.5, 0.6) is 11.5 Å². The summed E-state index contributed by atoms with van der Waals surface area (Å²) < 4.78 is 12.6. The van der Waals surface area contributed by atoms with Gasteiger partial charge in [-0.3, -0.25) is 4.79 Å². The van der Waals surface area contributed by atoms with E-state index < -0.39 is 0 Å². The molecule has 2 aromatic rings. The lowest BCUT2D eigenvalue weighted by atomic mass is 10.1. The molecule has 1 fully saturated rings. The highest BCUT2D eigenvalue weighted by molar-refractivity contribution is 9.10. The summed E-state index contributed by atoms with van der Waals surface area (Å²) in [6, 6.07) is 9.26. The molecule has 2 aromatic carbocycles. The molecule has 0 spiro atoms. The summed E-state index contributed by atoms with van der Waals surface area (Å²) in [6.07, 6.45) is 2.57. The summed E-state index contributed by atoms with van der Waals surface area (Å²) in [5, 5.41) is 4.46. The van der Waals surface area contributed by atoms with E-state index in [1.807, 2.05) is 23.1 Å². The zero-order valence-corrected chi connectivity index (χ0v) is 19.9. The fourth-order valence-corrected chi connectivity index (χ4v) is 4.17. The van der Waals surface area contributed by atoms with Crippen molar-refractivity contribution in [3.05, 3.63) is 56.0 Å². The Morgan fingerprint density at radius 2 is 2.03 bits per heavy atom. The highest BCUT2D eigenvalue weighted by atomic mass is 79.9. The van der Waals surface area contributed by atoms with Crippen molar-refractivity contribution in [2.24, 2.45) is 0 Å². The van der Waals surface area contributed by atoms with Gasteiger partial charge in [0.05, 0.1) is 17.2 Å². The molecule has 5 nitrogen and oxygen atoms in total. The first-order valence-corrected chi connectivity index (χ1v) is 11.4. The molecule has 0 saturated carbocycles. The third-order valence-electron chi connectivity index (χ3n) is 5.01. The van der Waals surface area contributed by atoms with Crippen LogP contribution in [0.15, 0.2) is 34.8 Å². The predicted molar refractivity (Wildman–Crippen MR) is 124 cm³/mol. The molecule has 1 saturated heterocycles. The molecule has 0 radical (unpaired) electrons. The predicted octanol–water partition coefficient (Wildman–Crippen LogP) is 5.45. The van der Waals surface area contributed by atoms with Gasteiger partial charge in [0.25, 0.3) is 0 Å². The standard InChI is InChI=1S/C22H25BrCl2N2O3/c1-29-20-8-6-17(23)16(13-26-9-3-11-27-10-2-4-21(27)28)22(20)30-14-15-5-7-18(24)19(25)12-15/h5-8,12,26H,2-4,9-11,13-14H2,1H3. The zero-order chi connectivity index (χ0) is 21.5. The summed E-state index contributed by atoms with van der Waals surface area (Å²) in [6.45, 7) is 3.44. The number of rotatable bonds is 10. The molecule has 1 aliphatic rings. The molecule has 1 aliphatic heterocycles. The number of halogens is 3. The number of carbonyl (C=O) groups excluding carboxylic acids is 1. The van der Waals surface area contributed by atoms with E-state index in [-0.39, 0.29) is 5.91 Å². The molecular weight excluding hydrogens is 491 g/mol. The maximum absolute atomic E-state index is 11.7. The fourth-order valence-electron chi connectivity index (χ4n) is 3.40. The minimum Gasteiger partial charge on any atom is -0.493 e. The number of hydrogen-bond donors (Lipinski definition) is 1. The Bertz CT molecular complexity index is 895. The van der Waals surface area contributed by atoms with E-state index in [2.05, 4.69) is 21.2 Å². The van der Waals surface area contributed by atoms with Crippen LogP contribution in [0.4, 0.5) is 0 Å². The Balaban J connectivity index is 1.61. The average Bonchev–Trinajstić information content (AvgIpc) is 3.14. The number of nitrogens with zero attached hydrogens (tertiary/aromatic N) is 1. The molecule has 1 amide bonds. The second-order valence-electron chi connectivity index (χ2n) is 7.11. The molecule has 0 unspecified atom stereocenters. The lowest BCUT2D eigenvalue weighted by molar-refractivity contribution is -0.127. The second-order valence-corrected chi connectivity index (χ2v) is 8.78. The van der Waals surface area contributed by atoms with Gasteiger partial charge in [0.1, 0.15) is 6.61 Å². The SMILES string of the molecule is COc1ccc(Br)c(CNCCCN2CCCC2=O)c1OCc1ccc(Cl)c(Cl)c1. The Labute approximate surface area is 195 Å². The summed E-state index contributed by atoms with van der Waals surface area (Å²) in [4.78, 5) is 13.6. The van der Waals surface area contributed by atoms with E-state index in [0.29, 0.717) is 41.1 Å². The van der Waals surface area contributed by atoms with Crippen LogP contribution < -0.4 is 14.8 Å². The van der Waals surface area contributed by atoms with Crippen molar-refractivity contribution in [3.63, 3.8) is 0 Å². The third-order valence-corrected chi connectivity index (χ3v) is 6.49. The number of benzene rings is 2. The summed E-state index contributed by atoms with van der Waals surface area (Å²) in [7, 11) is 1.62. The van der Waals surface area contributed by atoms with E-state index in [9.17, 15) is 4.79 Å². The van der Waals surface area contributed by atoms with Crippen LogP contribution in [-0.4, -0.2) is 37.6 Å². The van der Waals surface area contributed by atoms with Crippen LogP contribution in [0, 0.1) is 0 Å². The van der Waals surface area contributed by atoms with E-state index in [1.165, 1.54) is 0 Å². The third kappa shape index (κ3) is 6.03. The number of amides is 1. The van der Waals surface area contributed by atoms with Gasteiger partial charge in [0.15, 0.2) is 11.5 Å². The highest BCUT2D eigenvalue weighted by Crippen LogP contribution is 2.37. The maximum Gasteiger partial charge on any atom is 0.222 e. The van der Waals surface area contributed by atoms with Crippen LogP contribution >= 0.6 is 39.1 Å². The average molecular weight is 516 g/mol. The summed E-state index contributed by atoms with van der Waals surface area (Å²) >= 11 is 15.7. The van der Waals surface area contributed by atoms with Crippen molar-refractivity contribution in [2.75, 3.05) is 26.7 Å². The van der Waals surface area contributed by atoms with Gasteiger partial charge in [-0.2, -0.15) is 0 Å². The molecule has 162 valence electrons. The number of hydrogen-bond acceptors (Lipinski definition) is 4. The zero-order valence-electron chi connectivity index (χ0n) is 16.8. The van der Waals surface area contributed by atoms with Crippen molar-refractivity contribution < 1.29 is 14.3 Å². The summed E-state index contributed by atoms with van der Waals surface area (Å²) in [5.41, 5.74) is 1.90. The maximum atomic E-state index is 11.7. The summed E-state index contributed by atoms with van der Waals surface area (Å²) in [5.74, 6) is 1.61. The molecule has 0 aliphatic carbocycles. The normalized spacial score (nSPS) is 13.7. The van der Waals surface area contributed by atoms with Crippen LogP contribution in [0.1, 0.15) is 30.4 Å². The minimum absolute atomic E-state index is 0.267. The molecular formula is C22H25BrCl2N2O3. The Morgan fingerprint density at radius 3 is 2.73 bits per heavy atom. The van der Waals surface area contributed by atoms with Crippen LogP contribution in [0.2, 0.25) is 10.0 Å². The number of nitrogens with one attached hydrogen (secondary N) is 1. The van der Waals surface area contributed by atoms with Gasteiger partial charge in [-0.05, 0) is 49.2 Å². The van der Waals surface area contributed by atoms with Crippen molar-refractivity contribution >= 4 is 45.0 Å². The van der Waals surface area contributed by atoms with Gasteiger partial charge in [-0.25, -0.2) is 0 Å². The molecule has 3 rings (SSSR count). The smallest absolute Gasteiger partial charge is 0.222 e. The van der Waals surface area contributed by atoms with Gasteiger partial charge in [0, 0.05) is 36.1 Å². The largest absolute Gasteiger partial charge is 0.493 e. The van der Waals surface area contributed by atoms with Crippen LogP contribution in [0.3, 0.4) is 0 Å². The molecule has 0 atom stereocenters. The van der Waals surface area contributed by atoms with Gasteiger partial charge >= 0.3 is 0 Å². The lowest BCUT2D eigenvalue weighted by Crippen LogP contribution is -2.28. The number of likely N-dealkylation sites (tertiary alicyclic amines) is 1. The van der Waals surface area contributed by atoms with E-state index in [0.717, 1.165) is 48.1 Å². The topological polar surface area (TPSA) is 50.8 Å². The Hall–Kier alpha value is -1.47. The van der Waals surface area contributed by atoms with E-state index in [4.69, 9.17) is 32.7 Å². The monoisotopic (exact) mass is 514 g/mol. The highest BCUT2D eigenvalue weighted by Gasteiger charge is 2.19. The second kappa shape index (κ2) is 11.2. The molecule has 30 heavy (non-hydrogen) atoms. The lowest BCUT2D eigenvalue weighted by Gasteiger charge is -2.18. The first-order chi connectivity index (χ1) is 14.5. The fraction of sp³-hybridized carbons (Fsp3) is 0.409. The van der Waals surface area contributed by atoms with E-state index >= 15 is 0 Å². The molecule has 8 heteroatoms. The van der Waals surface area contributed by atoms with Crippen LogP contribution in [-0.2, 0) is 17.9 Å². The molecule has 0 aromatic heterocycles. The number of ether oxygens (including phenoxy) is 2.